The molecule has 3 rings (SSSR count). The molecule has 1 aromatic carbocycles. The predicted octanol–water partition coefficient (Wildman–Crippen LogP) is 0.744. The zero-order valence-electron chi connectivity index (χ0n) is 9.56. The van der Waals surface area contributed by atoms with E-state index >= 15 is 0 Å². The minimum absolute atomic E-state index is 0.610. The normalized spacial score (nSPS) is 28.9. The molecule has 0 saturated carbocycles. The SMILES string of the molecule is CN1C[C@@H]2C[C@H]1CN2c1cccc(N)c1N. The summed E-state index contributed by atoms with van der Waals surface area (Å²) < 4.78 is 0. The van der Waals surface area contributed by atoms with Gasteiger partial charge in [0.15, 0.2) is 0 Å². The third-order valence-electron chi connectivity index (χ3n) is 3.94. The Kier molecular flexibility index (Phi) is 2.01. The number of likely N-dealkylation sites (tertiary alicyclic amines) is 1. The highest BCUT2D eigenvalue weighted by Gasteiger charge is 2.41. The summed E-state index contributed by atoms with van der Waals surface area (Å²) in [6.45, 7) is 2.22. The highest BCUT2D eigenvalue weighted by atomic mass is 15.3. The van der Waals surface area contributed by atoms with E-state index < -0.39 is 0 Å². The Labute approximate surface area is 95.8 Å². The number of nitrogen functional groups attached to an aromatic ring is 2. The molecule has 0 aromatic heterocycles. The first-order valence-corrected chi connectivity index (χ1v) is 5.77. The van der Waals surface area contributed by atoms with Crippen LogP contribution in [0, 0.1) is 0 Å². The molecule has 0 amide bonds. The van der Waals surface area contributed by atoms with Gasteiger partial charge in [-0.2, -0.15) is 0 Å². The molecular formula is C12H18N4. The first-order chi connectivity index (χ1) is 7.66. The molecule has 2 aliphatic rings. The molecule has 0 aliphatic carbocycles. The van der Waals surface area contributed by atoms with Crippen molar-refractivity contribution in [2.45, 2.75) is 18.5 Å². The maximum atomic E-state index is 6.05. The lowest BCUT2D eigenvalue weighted by molar-refractivity contribution is 0.293. The zero-order valence-corrected chi connectivity index (χ0v) is 9.56. The smallest absolute Gasteiger partial charge is 0.0785 e. The van der Waals surface area contributed by atoms with E-state index in [1.807, 2.05) is 12.1 Å². The first kappa shape index (κ1) is 9.78. The largest absolute Gasteiger partial charge is 0.397 e. The lowest BCUT2D eigenvalue weighted by Gasteiger charge is -2.34. The van der Waals surface area contributed by atoms with Crippen molar-refractivity contribution in [1.82, 2.24) is 4.90 Å². The fourth-order valence-electron chi connectivity index (χ4n) is 2.98. The van der Waals surface area contributed by atoms with Gasteiger partial charge in [0.1, 0.15) is 0 Å². The van der Waals surface area contributed by atoms with Crippen LogP contribution in [0.3, 0.4) is 0 Å². The first-order valence-electron chi connectivity index (χ1n) is 5.77. The van der Waals surface area contributed by atoms with Crippen molar-refractivity contribution in [3.63, 3.8) is 0 Å². The topological polar surface area (TPSA) is 58.5 Å². The standard InChI is InChI=1S/C12H18N4/c1-15-6-9-5-8(15)7-16(9)11-4-2-3-10(13)12(11)14/h2-4,8-9H,5-7,13-14H2,1H3/t8-,9-/m0/s1. The van der Waals surface area contributed by atoms with E-state index in [2.05, 4.69) is 22.9 Å². The van der Waals surface area contributed by atoms with E-state index in [9.17, 15) is 0 Å². The fourth-order valence-corrected chi connectivity index (χ4v) is 2.98. The molecule has 16 heavy (non-hydrogen) atoms. The van der Waals surface area contributed by atoms with Crippen molar-refractivity contribution in [3.8, 4) is 0 Å². The third-order valence-corrected chi connectivity index (χ3v) is 3.94. The Morgan fingerprint density at radius 3 is 2.62 bits per heavy atom. The second-order valence-corrected chi connectivity index (χ2v) is 4.92. The summed E-state index contributed by atoms with van der Waals surface area (Å²) in [6, 6.07) is 7.22. The monoisotopic (exact) mass is 218 g/mol. The van der Waals surface area contributed by atoms with Gasteiger partial charge in [-0.3, -0.25) is 4.90 Å². The maximum Gasteiger partial charge on any atom is 0.0785 e. The second-order valence-electron chi connectivity index (χ2n) is 4.92. The number of hydrogen-bond donors (Lipinski definition) is 2. The van der Waals surface area contributed by atoms with Gasteiger partial charge >= 0.3 is 0 Å². The number of nitrogens with two attached hydrogens (primary N) is 2. The van der Waals surface area contributed by atoms with Crippen LogP contribution in [-0.2, 0) is 0 Å². The summed E-state index contributed by atoms with van der Waals surface area (Å²) >= 11 is 0. The lowest BCUT2D eigenvalue weighted by Crippen LogP contribution is -2.44. The van der Waals surface area contributed by atoms with E-state index in [0.717, 1.165) is 24.5 Å². The summed E-state index contributed by atoms with van der Waals surface area (Å²) in [5.74, 6) is 0. The average Bonchev–Trinajstić information content (AvgIpc) is 2.80. The summed E-state index contributed by atoms with van der Waals surface area (Å²) in [6.07, 6.45) is 1.25. The van der Waals surface area contributed by atoms with Crippen LogP contribution in [0.4, 0.5) is 17.1 Å². The van der Waals surface area contributed by atoms with Gasteiger partial charge < -0.3 is 16.4 Å². The molecule has 2 heterocycles. The molecule has 2 aliphatic heterocycles. The van der Waals surface area contributed by atoms with Crippen LogP contribution in [0.1, 0.15) is 6.42 Å². The minimum atomic E-state index is 0.610. The number of para-hydroxylation sites is 1. The number of piperazine rings is 1. The molecule has 2 saturated heterocycles. The van der Waals surface area contributed by atoms with Crippen molar-refractivity contribution in [1.29, 1.82) is 0 Å². The van der Waals surface area contributed by atoms with Crippen LogP contribution < -0.4 is 16.4 Å². The molecule has 1 aromatic rings. The summed E-state index contributed by atoms with van der Waals surface area (Å²) in [7, 11) is 2.20. The van der Waals surface area contributed by atoms with Gasteiger partial charge in [0, 0.05) is 25.2 Å². The summed E-state index contributed by atoms with van der Waals surface area (Å²) in [5, 5.41) is 0. The number of likely N-dealkylation sites (N-methyl/N-ethyl adjacent to an activating group) is 1. The third kappa shape index (κ3) is 1.26. The summed E-state index contributed by atoms with van der Waals surface area (Å²) in [5.41, 5.74) is 14.4. The van der Waals surface area contributed by atoms with Crippen LogP contribution >= 0.6 is 0 Å². The molecule has 2 atom stereocenters. The highest BCUT2D eigenvalue weighted by molar-refractivity contribution is 5.80. The molecule has 0 spiro atoms. The average molecular weight is 218 g/mol. The molecular weight excluding hydrogens is 200 g/mol. The molecule has 0 unspecified atom stereocenters. The van der Waals surface area contributed by atoms with Crippen molar-refractivity contribution in [2.24, 2.45) is 0 Å². The van der Waals surface area contributed by atoms with Crippen LogP contribution in [0.2, 0.25) is 0 Å². The Bertz CT molecular complexity index is 415. The molecule has 2 bridgehead atoms. The van der Waals surface area contributed by atoms with E-state index in [-0.39, 0.29) is 0 Å². The molecule has 4 heteroatoms. The minimum Gasteiger partial charge on any atom is -0.397 e. The van der Waals surface area contributed by atoms with E-state index in [1.165, 1.54) is 6.42 Å². The number of fused-ring (bicyclic) bond motifs is 2. The van der Waals surface area contributed by atoms with E-state index in [1.54, 1.807) is 0 Å². The van der Waals surface area contributed by atoms with Gasteiger partial charge in [-0.25, -0.2) is 0 Å². The Morgan fingerprint density at radius 2 is 2.00 bits per heavy atom. The Morgan fingerprint density at radius 1 is 1.19 bits per heavy atom. The Balaban J connectivity index is 1.92. The van der Waals surface area contributed by atoms with Gasteiger partial charge in [-0.05, 0) is 25.6 Å². The van der Waals surface area contributed by atoms with Crippen LogP contribution in [-0.4, -0.2) is 37.1 Å². The molecule has 86 valence electrons. The van der Waals surface area contributed by atoms with Crippen LogP contribution in [0.15, 0.2) is 18.2 Å². The molecule has 0 radical (unpaired) electrons. The lowest BCUT2D eigenvalue weighted by atomic mass is 10.2. The van der Waals surface area contributed by atoms with Crippen molar-refractivity contribution in [3.05, 3.63) is 18.2 Å². The van der Waals surface area contributed by atoms with Crippen LogP contribution in [0.5, 0.6) is 0 Å². The van der Waals surface area contributed by atoms with Crippen LogP contribution in [0.25, 0.3) is 0 Å². The van der Waals surface area contributed by atoms with Gasteiger partial charge in [-0.1, -0.05) is 6.07 Å². The number of rotatable bonds is 1. The van der Waals surface area contributed by atoms with E-state index in [0.29, 0.717) is 17.8 Å². The quantitative estimate of drug-likeness (QED) is 0.683. The van der Waals surface area contributed by atoms with Gasteiger partial charge in [0.05, 0.1) is 17.1 Å². The van der Waals surface area contributed by atoms with Gasteiger partial charge in [0.2, 0.25) is 0 Å². The zero-order chi connectivity index (χ0) is 11.3. The molecule has 4 N–H and O–H groups in total. The number of anilines is 3. The molecule has 2 fully saturated rings. The number of hydrogen-bond acceptors (Lipinski definition) is 4. The second kappa shape index (κ2) is 3.28. The van der Waals surface area contributed by atoms with Gasteiger partial charge in [-0.15, -0.1) is 0 Å². The van der Waals surface area contributed by atoms with Gasteiger partial charge in [0.25, 0.3) is 0 Å². The van der Waals surface area contributed by atoms with E-state index in [4.69, 9.17) is 11.5 Å². The molecule has 4 nitrogen and oxygen atoms in total. The van der Waals surface area contributed by atoms with Crippen molar-refractivity contribution >= 4 is 17.1 Å². The fraction of sp³-hybridized carbons (Fsp3) is 0.500. The van der Waals surface area contributed by atoms with Crippen molar-refractivity contribution < 1.29 is 0 Å². The summed E-state index contributed by atoms with van der Waals surface area (Å²) in [4.78, 5) is 4.85. The highest BCUT2D eigenvalue weighted by Crippen LogP contribution is 2.37. The predicted molar refractivity (Wildman–Crippen MR) is 67.4 cm³/mol. The van der Waals surface area contributed by atoms with Crippen molar-refractivity contribution in [2.75, 3.05) is 36.5 Å². The maximum absolute atomic E-state index is 6.05. The number of nitrogens with zero attached hydrogens (tertiary/aromatic N) is 2. The number of benzene rings is 1. The Hall–Kier alpha value is -1.42.